The molecule has 128 valence electrons. The average Bonchev–Trinajstić information content (AvgIpc) is 2.96. The first-order valence-corrected chi connectivity index (χ1v) is 9.28. The van der Waals surface area contributed by atoms with Crippen molar-refractivity contribution in [2.45, 2.75) is 38.6 Å². The summed E-state index contributed by atoms with van der Waals surface area (Å²) in [6, 6.07) is 10.2. The van der Waals surface area contributed by atoms with Crippen LogP contribution in [0, 0.1) is 0 Å². The molecule has 0 bridgehead atoms. The Kier molecular flexibility index (Phi) is 4.45. The number of allylic oxidation sites excluding steroid dienone is 2. The number of hydrogen-bond acceptors (Lipinski definition) is 3. The van der Waals surface area contributed by atoms with E-state index in [-0.39, 0.29) is 11.8 Å². The predicted molar refractivity (Wildman–Crippen MR) is 101 cm³/mol. The number of rotatable bonds is 3. The highest BCUT2D eigenvalue weighted by Crippen LogP contribution is 2.38. The monoisotopic (exact) mass is 352 g/mol. The molecule has 0 spiro atoms. The maximum Gasteiger partial charge on any atom is 0.154 e. The summed E-state index contributed by atoms with van der Waals surface area (Å²) in [5.74, 6) is 0.276. The van der Waals surface area contributed by atoms with Crippen LogP contribution in [0.25, 0.3) is 16.7 Å². The molecule has 1 atom stereocenters. The van der Waals surface area contributed by atoms with Gasteiger partial charge in [-0.15, -0.1) is 0 Å². The number of nitrogens with one attached hydrogen (secondary N) is 1. The van der Waals surface area contributed by atoms with Gasteiger partial charge in [0.2, 0.25) is 0 Å². The lowest BCUT2D eigenvalue weighted by Crippen LogP contribution is -2.34. The van der Waals surface area contributed by atoms with Crippen LogP contribution in [0.4, 0.5) is 0 Å². The average molecular weight is 353 g/mol. The Labute approximate surface area is 153 Å². The molecule has 1 saturated heterocycles. The van der Waals surface area contributed by atoms with E-state index in [2.05, 4.69) is 35.4 Å². The molecule has 2 aromatic rings. The molecule has 1 aliphatic carbocycles. The second kappa shape index (κ2) is 6.74. The summed E-state index contributed by atoms with van der Waals surface area (Å²) in [5, 5.41) is 4.25. The van der Waals surface area contributed by atoms with E-state index in [9.17, 15) is 4.79 Å². The number of piperidine rings is 1. The van der Waals surface area contributed by atoms with Crippen molar-refractivity contribution in [1.29, 1.82) is 0 Å². The third kappa shape index (κ3) is 3.03. The van der Waals surface area contributed by atoms with Crippen molar-refractivity contribution in [2.75, 3.05) is 6.54 Å². The molecule has 4 heteroatoms. The molecule has 0 radical (unpaired) electrons. The molecule has 3 nitrogen and oxygen atoms in total. The Morgan fingerprint density at radius 3 is 2.96 bits per heavy atom. The second-order valence-electron chi connectivity index (χ2n) is 6.71. The van der Waals surface area contributed by atoms with Gasteiger partial charge in [0.25, 0.3) is 0 Å². The lowest BCUT2D eigenvalue weighted by molar-refractivity contribution is -0.122. The normalized spacial score (nSPS) is 20.1. The van der Waals surface area contributed by atoms with Crippen molar-refractivity contribution >= 4 is 23.0 Å². The van der Waals surface area contributed by atoms with Crippen molar-refractivity contribution in [3.63, 3.8) is 0 Å². The first-order chi connectivity index (χ1) is 12.2. The third-order valence-corrected chi connectivity index (χ3v) is 5.48. The Morgan fingerprint density at radius 1 is 1.28 bits per heavy atom. The maximum atomic E-state index is 12.2. The van der Waals surface area contributed by atoms with Crippen LogP contribution in [-0.2, 0) is 11.2 Å². The summed E-state index contributed by atoms with van der Waals surface area (Å²) >= 11 is 6.38. The molecule has 1 aromatic heterocycles. The fraction of sp³-hybridized carbons (Fsp3) is 0.333. The van der Waals surface area contributed by atoms with Gasteiger partial charge in [0, 0.05) is 35.2 Å². The molecule has 0 amide bonds. The Morgan fingerprint density at radius 2 is 2.16 bits per heavy atom. The number of benzene rings is 1. The van der Waals surface area contributed by atoms with Crippen LogP contribution in [0.3, 0.4) is 0 Å². The standard InChI is InChI=1S/C21H21ClN2O/c1-2-16-17-10-15(12-24-19(17)11-18(16)22)13-5-3-6-14(9-13)21-20(25)7-4-8-23-21/h3,5-6,9-10,12,21,23H,2,4,7-8,11H2,1H3. The first-order valence-electron chi connectivity index (χ1n) is 8.90. The van der Waals surface area contributed by atoms with Gasteiger partial charge in [-0.1, -0.05) is 36.7 Å². The number of pyridine rings is 1. The SMILES string of the molecule is CCC1=C(Cl)Cc2ncc(-c3cccc(C4NCCCC4=O)c3)cc21. The second-order valence-corrected chi connectivity index (χ2v) is 7.17. The lowest BCUT2D eigenvalue weighted by atomic mass is 9.93. The van der Waals surface area contributed by atoms with Crippen molar-refractivity contribution in [3.8, 4) is 11.1 Å². The fourth-order valence-electron chi connectivity index (χ4n) is 3.80. The fourth-order valence-corrected chi connectivity index (χ4v) is 4.17. The summed E-state index contributed by atoms with van der Waals surface area (Å²) < 4.78 is 0. The minimum absolute atomic E-state index is 0.184. The van der Waals surface area contributed by atoms with Crippen LogP contribution >= 0.6 is 11.6 Å². The molecular weight excluding hydrogens is 332 g/mol. The molecule has 2 aliphatic rings. The number of Topliss-reactive ketones (excluding diaryl/α,β-unsaturated/α-hetero) is 1. The molecule has 2 heterocycles. The number of nitrogens with zero attached hydrogens (tertiary/aromatic N) is 1. The third-order valence-electron chi connectivity index (χ3n) is 5.12. The topological polar surface area (TPSA) is 42.0 Å². The van der Waals surface area contributed by atoms with Gasteiger partial charge in [-0.2, -0.15) is 0 Å². The molecule has 1 N–H and O–H groups in total. The van der Waals surface area contributed by atoms with Gasteiger partial charge in [-0.3, -0.25) is 9.78 Å². The van der Waals surface area contributed by atoms with E-state index in [0.29, 0.717) is 6.42 Å². The van der Waals surface area contributed by atoms with Crippen molar-refractivity contribution in [2.24, 2.45) is 0 Å². The van der Waals surface area contributed by atoms with Crippen LogP contribution in [-0.4, -0.2) is 17.3 Å². The number of aromatic nitrogens is 1. The van der Waals surface area contributed by atoms with Crippen molar-refractivity contribution in [3.05, 3.63) is 58.4 Å². The Hall–Kier alpha value is -1.97. The number of carbonyl (C=O) groups is 1. The van der Waals surface area contributed by atoms with Gasteiger partial charge in [0.1, 0.15) is 0 Å². The number of ketones is 1. The van der Waals surface area contributed by atoms with Gasteiger partial charge in [0.05, 0.1) is 11.7 Å². The quantitative estimate of drug-likeness (QED) is 0.873. The van der Waals surface area contributed by atoms with Crippen LogP contribution in [0.2, 0.25) is 0 Å². The van der Waals surface area contributed by atoms with Gasteiger partial charge >= 0.3 is 0 Å². The number of hydrogen-bond donors (Lipinski definition) is 1. The van der Waals surface area contributed by atoms with Gasteiger partial charge in [0.15, 0.2) is 5.78 Å². The highest BCUT2D eigenvalue weighted by atomic mass is 35.5. The summed E-state index contributed by atoms with van der Waals surface area (Å²) in [5.41, 5.74) is 6.62. The molecule has 1 aromatic carbocycles. The van der Waals surface area contributed by atoms with Gasteiger partial charge < -0.3 is 5.32 Å². The Bertz CT molecular complexity index is 872. The maximum absolute atomic E-state index is 12.2. The Balaban J connectivity index is 1.71. The van der Waals surface area contributed by atoms with Crippen molar-refractivity contribution in [1.82, 2.24) is 10.3 Å². The van der Waals surface area contributed by atoms with E-state index in [1.807, 2.05) is 18.3 Å². The molecular formula is C21H21ClN2O. The van der Waals surface area contributed by atoms with Gasteiger partial charge in [-0.25, -0.2) is 0 Å². The summed E-state index contributed by atoms with van der Waals surface area (Å²) in [6.07, 6.45) is 5.15. The molecule has 1 unspecified atom stereocenters. The first kappa shape index (κ1) is 16.5. The van der Waals surface area contributed by atoms with E-state index < -0.39 is 0 Å². The lowest BCUT2D eigenvalue weighted by Gasteiger charge is -2.23. The van der Waals surface area contributed by atoms with Crippen LogP contribution in [0.5, 0.6) is 0 Å². The van der Waals surface area contributed by atoms with Crippen LogP contribution < -0.4 is 5.32 Å². The van der Waals surface area contributed by atoms with E-state index in [0.717, 1.165) is 53.2 Å². The zero-order valence-electron chi connectivity index (χ0n) is 14.3. The summed E-state index contributed by atoms with van der Waals surface area (Å²) in [6.45, 7) is 3.02. The molecule has 1 fully saturated rings. The minimum atomic E-state index is -0.184. The zero-order valence-corrected chi connectivity index (χ0v) is 15.1. The van der Waals surface area contributed by atoms with E-state index in [4.69, 9.17) is 11.6 Å². The zero-order chi connectivity index (χ0) is 17.4. The molecule has 1 aliphatic heterocycles. The smallest absolute Gasteiger partial charge is 0.154 e. The van der Waals surface area contributed by atoms with Crippen LogP contribution in [0.15, 0.2) is 41.6 Å². The summed E-state index contributed by atoms with van der Waals surface area (Å²) in [4.78, 5) is 16.9. The molecule has 4 rings (SSSR count). The molecule has 25 heavy (non-hydrogen) atoms. The minimum Gasteiger partial charge on any atom is -0.304 e. The highest BCUT2D eigenvalue weighted by Gasteiger charge is 2.24. The largest absolute Gasteiger partial charge is 0.304 e. The number of carbonyl (C=O) groups excluding carboxylic acids is 1. The molecule has 0 saturated carbocycles. The van der Waals surface area contributed by atoms with E-state index in [1.54, 1.807) is 0 Å². The highest BCUT2D eigenvalue weighted by molar-refractivity contribution is 6.33. The van der Waals surface area contributed by atoms with E-state index >= 15 is 0 Å². The predicted octanol–water partition coefficient (Wildman–Crippen LogP) is 4.66. The summed E-state index contributed by atoms with van der Waals surface area (Å²) in [7, 11) is 0. The number of fused-ring (bicyclic) bond motifs is 1. The van der Waals surface area contributed by atoms with Crippen LogP contribution in [0.1, 0.15) is 49.0 Å². The van der Waals surface area contributed by atoms with E-state index in [1.165, 1.54) is 11.1 Å². The van der Waals surface area contributed by atoms with Gasteiger partial charge in [-0.05, 0) is 48.2 Å². The van der Waals surface area contributed by atoms with Crippen molar-refractivity contribution < 1.29 is 4.79 Å². The number of halogens is 1.